The molecule has 3 N–H and O–H groups in total. The van der Waals surface area contributed by atoms with Gasteiger partial charge in [-0.15, -0.1) is 0 Å². The molecule has 0 radical (unpaired) electrons. The molecule has 1 fully saturated rings. The first-order valence-electron chi connectivity index (χ1n) is 6.35. The van der Waals surface area contributed by atoms with E-state index < -0.39 is 0 Å². The summed E-state index contributed by atoms with van der Waals surface area (Å²) in [7, 11) is 0. The maximum atomic E-state index is 10.1. The van der Waals surface area contributed by atoms with Crippen LogP contribution in [0.15, 0.2) is 12.1 Å². The topological polar surface area (TPSA) is 46.2 Å². The number of benzene rings is 1. The van der Waals surface area contributed by atoms with E-state index in [4.69, 9.17) is 5.73 Å². The molecule has 1 aromatic rings. The molecule has 0 saturated heterocycles. The molecular weight excluding hydrogens is 210 g/mol. The molecule has 0 atom stereocenters. The number of hydrogen-bond donors (Lipinski definition) is 2. The Morgan fingerprint density at radius 3 is 2.29 bits per heavy atom. The Bertz CT molecular complexity index is 439. The van der Waals surface area contributed by atoms with Crippen molar-refractivity contribution in [1.82, 2.24) is 0 Å². The predicted octanol–water partition coefficient (Wildman–Crippen LogP) is 2.99. The first kappa shape index (κ1) is 12.4. The molecule has 1 aliphatic carbocycles. The van der Waals surface area contributed by atoms with Crippen molar-refractivity contribution >= 4 is 0 Å². The number of phenolic OH excluding ortho intramolecular Hbond substituents is 1. The molecule has 0 unspecified atom stereocenters. The van der Waals surface area contributed by atoms with Crippen LogP contribution in [-0.4, -0.2) is 11.7 Å². The molecule has 0 spiro atoms. The second-order valence-electron chi connectivity index (χ2n) is 6.42. The standard InChI is InChI=1S/C15H23NO/c1-10-7-13(17)12(14(2,3)4)8-11(10)15(9-16)5-6-15/h7-8,17H,5-6,9,16H2,1-4H3. The number of phenols is 1. The molecular formula is C15H23NO. The minimum atomic E-state index is -0.0305. The van der Waals surface area contributed by atoms with Gasteiger partial charge in [-0.25, -0.2) is 0 Å². The summed E-state index contributed by atoms with van der Waals surface area (Å²) < 4.78 is 0. The first-order valence-corrected chi connectivity index (χ1v) is 6.35. The predicted molar refractivity (Wildman–Crippen MR) is 71.5 cm³/mol. The van der Waals surface area contributed by atoms with Gasteiger partial charge in [-0.3, -0.25) is 0 Å². The minimum Gasteiger partial charge on any atom is -0.508 e. The van der Waals surface area contributed by atoms with Crippen molar-refractivity contribution in [3.63, 3.8) is 0 Å². The molecule has 0 aliphatic heterocycles. The Morgan fingerprint density at radius 2 is 1.88 bits per heavy atom. The third-order valence-electron chi connectivity index (χ3n) is 3.97. The SMILES string of the molecule is Cc1cc(O)c(C(C)(C)C)cc1C1(CN)CC1. The van der Waals surface area contributed by atoms with Crippen LogP contribution in [0.2, 0.25) is 0 Å². The van der Waals surface area contributed by atoms with Crippen molar-refractivity contribution in [2.75, 3.05) is 6.54 Å². The number of aryl methyl sites for hydroxylation is 1. The number of rotatable bonds is 2. The van der Waals surface area contributed by atoms with Crippen molar-refractivity contribution in [2.24, 2.45) is 5.73 Å². The van der Waals surface area contributed by atoms with E-state index in [-0.39, 0.29) is 10.8 Å². The summed E-state index contributed by atoms with van der Waals surface area (Å²) >= 11 is 0. The number of aromatic hydroxyl groups is 1. The van der Waals surface area contributed by atoms with Crippen LogP contribution in [0.25, 0.3) is 0 Å². The highest BCUT2D eigenvalue weighted by Crippen LogP contribution is 2.50. The first-order chi connectivity index (χ1) is 7.80. The monoisotopic (exact) mass is 233 g/mol. The fraction of sp³-hybridized carbons (Fsp3) is 0.600. The van der Waals surface area contributed by atoms with Crippen LogP contribution in [0.3, 0.4) is 0 Å². The lowest BCUT2D eigenvalue weighted by Crippen LogP contribution is -2.22. The van der Waals surface area contributed by atoms with Gasteiger partial charge in [0.05, 0.1) is 0 Å². The molecule has 2 heteroatoms. The van der Waals surface area contributed by atoms with Crippen LogP contribution < -0.4 is 5.73 Å². The Labute approximate surface area is 104 Å². The average molecular weight is 233 g/mol. The third-order valence-corrected chi connectivity index (χ3v) is 3.97. The van der Waals surface area contributed by atoms with Gasteiger partial charge in [-0.05, 0) is 47.9 Å². The van der Waals surface area contributed by atoms with Gasteiger partial charge in [0, 0.05) is 12.0 Å². The molecule has 0 heterocycles. The van der Waals surface area contributed by atoms with E-state index in [0.717, 1.165) is 5.56 Å². The van der Waals surface area contributed by atoms with Crippen LogP contribution in [0.1, 0.15) is 50.3 Å². The van der Waals surface area contributed by atoms with Crippen LogP contribution in [0, 0.1) is 6.92 Å². The third kappa shape index (κ3) is 2.06. The van der Waals surface area contributed by atoms with Gasteiger partial charge >= 0.3 is 0 Å². The molecule has 2 rings (SSSR count). The Hall–Kier alpha value is -1.02. The highest BCUT2D eigenvalue weighted by molar-refractivity contribution is 5.49. The highest BCUT2D eigenvalue weighted by atomic mass is 16.3. The van der Waals surface area contributed by atoms with Crippen LogP contribution in [-0.2, 0) is 10.8 Å². The second kappa shape index (κ2) is 3.74. The Morgan fingerprint density at radius 1 is 1.29 bits per heavy atom. The lowest BCUT2D eigenvalue weighted by molar-refractivity contribution is 0.445. The fourth-order valence-corrected chi connectivity index (χ4v) is 2.60. The highest BCUT2D eigenvalue weighted by Gasteiger charge is 2.44. The summed E-state index contributed by atoms with van der Waals surface area (Å²) in [6.07, 6.45) is 2.36. The van der Waals surface area contributed by atoms with Crippen molar-refractivity contribution in [1.29, 1.82) is 0 Å². The molecule has 0 bridgehead atoms. The van der Waals surface area contributed by atoms with Crippen LogP contribution in [0.4, 0.5) is 0 Å². The van der Waals surface area contributed by atoms with E-state index in [1.165, 1.54) is 24.0 Å². The van der Waals surface area contributed by atoms with E-state index >= 15 is 0 Å². The largest absolute Gasteiger partial charge is 0.508 e. The zero-order chi connectivity index (χ0) is 12.8. The van der Waals surface area contributed by atoms with E-state index in [1.807, 2.05) is 6.07 Å². The van der Waals surface area contributed by atoms with Crippen molar-refractivity contribution in [3.05, 3.63) is 28.8 Å². The van der Waals surface area contributed by atoms with Crippen LogP contribution >= 0.6 is 0 Å². The molecule has 0 amide bonds. The molecule has 17 heavy (non-hydrogen) atoms. The Kier molecular flexibility index (Phi) is 2.74. The maximum Gasteiger partial charge on any atom is 0.119 e. The van der Waals surface area contributed by atoms with E-state index in [1.54, 1.807) is 0 Å². The normalized spacial score (nSPS) is 18.2. The zero-order valence-electron chi connectivity index (χ0n) is 11.3. The van der Waals surface area contributed by atoms with Gasteiger partial charge in [-0.2, -0.15) is 0 Å². The summed E-state index contributed by atoms with van der Waals surface area (Å²) in [6.45, 7) is 9.16. The van der Waals surface area contributed by atoms with E-state index in [9.17, 15) is 5.11 Å². The van der Waals surface area contributed by atoms with Gasteiger partial charge in [-0.1, -0.05) is 26.8 Å². The molecule has 1 aliphatic rings. The Balaban J connectivity index is 2.55. The van der Waals surface area contributed by atoms with Crippen molar-refractivity contribution in [2.45, 2.75) is 51.4 Å². The van der Waals surface area contributed by atoms with E-state index in [2.05, 4.69) is 33.8 Å². The number of hydrogen-bond acceptors (Lipinski definition) is 2. The van der Waals surface area contributed by atoms with Gasteiger partial charge < -0.3 is 10.8 Å². The molecule has 1 aromatic carbocycles. The minimum absolute atomic E-state index is 0.0305. The molecule has 2 nitrogen and oxygen atoms in total. The molecule has 94 valence electrons. The zero-order valence-corrected chi connectivity index (χ0v) is 11.3. The van der Waals surface area contributed by atoms with E-state index in [0.29, 0.717) is 12.3 Å². The van der Waals surface area contributed by atoms with Gasteiger partial charge in [0.15, 0.2) is 0 Å². The summed E-state index contributed by atoms with van der Waals surface area (Å²) in [5.74, 6) is 0.409. The molecule has 0 aromatic heterocycles. The summed E-state index contributed by atoms with van der Waals surface area (Å²) in [5, 5.41) is 10.1. The number of nitrogens with two attached hydrogens (primary N) is 1. The van der Waals surface area contributed by atoms with Gasteiger partial charge in [0.2, 0.25) is 0 Å². The fourth-order valence-electron chi connectivity index (χ4n) is 2.60. The lowest BCUT2D eigenvalue weighted by atomic mass is 9.81. The van der Waals surface area contributed by atoms with Gasteiger partial charge in [0.1, 0.15) is 5.75 Å². The molecule has 1 saturated carbocycles. The summed E-state index contributed by atoms with van der Waals surface area (Å²) in [6, 6.07) is 4.07. The second-order valence-corrected chi connectivity index (χ2v) is 6.42. The smallest absolute Gasteiger partial charge is 0.119 e. The van der Waals surface area contributed by atoms with Gasteiger partial charge in [0.25, 0.3) is 0 Å². The average Bonchev–Trinajstić information content (AvgIpc) is 2.96. The van der Waals surface area contributed by atoms with Crippen LogP contribution in [0.5, 0.6) is 5.75 Å². The maximum absolute atomic E-state index is 10.1. The summed E-state index contributed by atoms with van der Waals surface area (Å²) in [5.41, 5.74) is 9.59. The quantitative estimate of drug-likeness (QED) is 0.825. The summed E-state index contributed by atoms with van der Waals surface area (Å²) in [4.78, 5) is 0. The van der Waals surface area contributed by atoms with Crippen molar-refractivity contribution in [3.8, 4) is 5.75 Å². The van der Waals surface area contributed by atoms with Crippen molar-refractivity contribution < 1.29 is 5.11 Å². The lowest BCUT2D eigenvalue weighted by Gasteiger charge is -2.25.